The molecule has 0 bridgehead atoms. The molecule has 3 aromatic rings. The number of likely N-dealkylation sites (N-methyl/N-ethyl adjacent to an activating group) is 1. The molecule has 3 saturated heterocycles. The maximum atomic E-state index is 14.2. The van der Waals surface area contributed by atoms with E-state index in [-0.39, 0.29) is 34.5 Å². The van der Waals surface area contributed by atoms with E-state index < -0.39 is 11.7 Å². The Kier molecular flexibility index (Phi) is 7.98. The van der Waals surface area contributed by atoms with Gasteiger partial charge >= 0.3 is 6.18 Å². The van der Waals surface area contributed by atoms with E-state index in [4.69, 9.17) is 9.47 Å². The van der Waals surface area contributed by atoms with Crippen LogP contribution in [0.1, 0.15) is 27.7 Å². The van der Waals surface area contributed by atoms with Gasteiger partial charge in [0.2, 0.25) is 5.95 Å². The first-order valence-electron chi connectivity index (χ1n) is 14.8. The van der Waals surface area contributed by atoms with Crippen molar-refractivity contribution in [3.05, 3.63) is 46.5 Å². The van der Waals surface area contributed by atoms with Gasteiger partial charge in [0, 0.05) is 47.9 Å². The highest BCUT2D eigenvalue weighted by Crippen LogP contribution is 2.44. The summed E-state index contributed by atoms with van der Waals surface area (Å²) in [7, 11) is 2.13. The number of alkyl halides is 3. The zero-order valence-corrected chi connectivity index (χ0v) is 26.0. The Morgan fingerprint density at radius 2 is 1.84 bits per heavy atom. The normalized spacial score (nSPS) is 22.9. The fraction of sp³-hybridized carbons (Fsp3) is 0.500. The molecule has 0 saturated carbocycles. The van der Waals surface area contributed by atoms with E-state index >= 15 is 0 Å². The lowest BCUT2D eigenvalue weighted by molar-refractivity contribution is -0.137. The second-order valence-corrected chi connectivity index (χ2v) is 13.7. The fourth-order valence-electron chi connectivity index (χ4n) is 6.28. The van der Waals surface area contributed by atoms with Gasteiger partial charge in [0.05, 0.1) is 55.1 Å². The van der Waals surface area contributed by atoms with E-state index in [2.05, 4.69) is 38.2 Å². The molecular formula is C30H33F3N6O3S2. The number of piperazine rings is 1. The van der Waals surface area contributed by atoms with Gasteiger partial charge in [-0.2, -0.15) is 13.2 Å². The van der Waals surface area contributed by atoms with Gasteiger partial charge in [-0.05, 0) is 43.3 Å². The van der Waals surface area contributed by atoms with Gasteiger partial charge in [-0.25, -0.2) is 9.97 Å². The number of hydrogen-bond donors (Lipinski definition) is 1. The zero-order valence-electron chi connectivity index (χ0n) is 24.4. The summed E-state index contributed by atoms with van der Waals surface area (Å²) in [6, 6.07) is 8.40. The molecule has 9 nitrogen and oxygen atoms in total. The van der Waals surface area contributed by atoms with Crippen molar-refractivity contribution in [2.24, 2.45) is 0 Å². The second kappa shape index (κ2) is 11.8. The Morgan fingerprint density at radius 1 is 1.05 bits per heavy atom. The summed E-state index contributed by atoms with van der Waals surface area (Å²) in [6.45, 7) is 6.82. The van der Waals surface area contributed by atoms with E-state index in [0.717, 1.165) is 54.2 Å². The lowest BCUT2D eigenvalue weighted by atomic mass is 10.0. The quantitative estimate of drug-likeness (QED) is 0.398. The van der Waals surface area contributed by atoms with Crippen LogP contribution in [0.25, 0.3) is 10.6 Å². The van der Waals surface area contributed by atoms with Crippen LogP contribution in [-0.4, -0.2) is 103 Å². The number of aryl methyl sites for hydroxylation is 1. The molecule has 4 aliphatic heterocycles. The van der Waals surface area contributed by atoms with Crippen molar-refractivity contribution in [1.29, 1.82) is 0 Å². The molecule has 0 spiro atoms. The standard InChI is InChI=1S/C30H33F3N6O3S2/c1-3-17-10-18(38-7-6-37(2)22-15-42-16-23(22)38)4-5-21(17)35-29-34-12-20(30(31,32)33)26(36-29)24-11-25-27(44-24)28(40)39(8-9-43-25)19-13-41-14-19/h4-5,10-12,19,22-23H,3,6-9,13-16H2,1-2H3,(H,34,35,36). The largest absolute Gasteiger partial charge is 0.420 e. The van der Waals surface area contributed by atoms with Crippen LogP contribution in [0, 0.1) is 0 Å². The Bertz CT molecular complexity index is 1570. The van der Waals surface area contributed by atoms with Crippen LogP contribution >= 0.6 is 23.1 Å². The third kappa shape index (κ3) is 5.44. The maximum Gasteiger partial charge on any atom is 0.420 e. The number of benzene rings is 1. The number of nitrogens with zero attached hydrogens (tertiary/aromatic N) is 5. The van der Waals surface area contributed by atoms with E-state index in [0.29, 0.717) is 54.4 Å². The summed E-state index contributed by atoms with van der Waals surface area (Å²) in [5.41, 5.74) is 1.67. The number of aromatic nitrogens is 2. The van der Waals surface area contributed by atoms with Gasteiger partial charge in [0.25, 0.3) is 5.91 Å². The van der Waals surface area contributed by atoms with Crippen molar-refractivity contribution >= 4 is 46.3 Å². The van der Waals surface area contributed by atoms with Gasteiger partial charge in [-0.15, -0.1) is 23.1 Å². The van der Waals surface area contributed by atoms with E-state index in [1.54, 1.807) is 11.0 Å². The number of fused-ring (bicyclic) bond motifs is 2. The molecule has 1 amide bonds. The summed E-state index contributed by atoms with van der Waals surface area (Å²) in [4.78, 5) is 29.8. The maximum absolute atomic E-state index is 14.2. The van der Waals surface area contributed by atoms with Crippen LogP contribution < -0.4 is 10.2 Å². The minimum atomic E-state index is -4.66. The number of hydrogen-bond acceptors (Lipinski definition) is 10. The highest BCUT2D eigenvalue weighted by molar-refractivity contribution is 7.99. The van der Waals surface area contributed by atoms with Crippen LogP contribution in [0.4, 0.5) is 30.5 Å². The molecule has 234 valence electrons. The van der Waals surface area contributed by atoms with Gasteiger partial charge < -0.3 is 24.6 Å². The molecular weight excluding hydrogens is 613 g/mol. The van der Waals surface area contributed by atoms with E-state index in [9.17, 15) is 18.0 Å². The molecule has 14 heteroatoms. The first-order valence-corrected chi connectivity index (χ1v) is 16.6. The molecule has 44 heavy (non-hydrogen) atoms. The first kappa shape index (κ1) is 29.8. The number of carbonyl (C=O) groups excluding carboxylic acids is 1. The summed E-state index contributed by atoms with van der Waals surface area (Å²) in [5, 5.41) is 3.18. The minimum Gasteiger partial charge on any atom is -0.378 e. The van der Waals surface area contributed by atoms with Gasteiger partial charge in [0.15, 0.2) is 0 Å². The predicted octanol–water partition coefficient (Wildman–Crippen LogP) is 5.00. The highest BCUT2D eigenvalue weighted by atomic mass is 32.2. The molecule has 1 aromatic carbocycles. The number of carbonyl (C=O) groups is 1. The topological polar surface area (TPSA) is 83.1 Å². The third-order valence-electron chi connectivity index (χ3n) is 8.86. The van der Waals surface area contributed by atoms with Crippen molar-refractivity contribution in [2.45, 2.75) is 42.5 Å². The number of thiophene rings is 1. The summed E-state index contributed by atoms with van der Waals surface area (Å²) in [5.74, 6) is 0.557. The summed E-state index contributed by atoms with van der Waals surface area (Å²) < 4.78 is 53.6. The van der Waals surface area contributed by atoms with Crippen LogP contribution in [0.3, 0.4) is 0 Å². The van der Waals surface area contributed by atoms with Crippen molar-refractivity contribution in [3.63, 3.8) is 0 Å². The molecule has 2 aromatic heterocycles. The van der Waals surface area contributed by atoms with Crippen LogP contribution in [0.15, 0.2) is 35.4 Å². The number of ether oxygens (including phenoxy) is 2. The molecule has 6 heterocycles. The van der Waals surface area contributed by atoms with Crippen molar-refractivity contribution in [2.75, 3.05) is 69.1 Å². The van der Waals surface area contributed by atoms with E-state index in [1.807, 2.05) is 19.1 Å². The van der Waals surface area contributed by atoms with Crippen molar-refractivity contribution in [3.8, 4) is 10.6 Å². The molecule has 1 N–H and O–H groups in total. The Morgan fingerprint density at radius 3 is 2.59 bits per heavy atom. The lowest BCUT2D eigenvalue weighted by Gasteiger charge is -2.43. The second-order valence-electron chi connectivity index (χ2n) is 11.5. The Labute approximate surface area is 261 Å². The van der Waals surface area contributed by atoms with Crippen molar-refractivity contribution in [1.82, 2.24) is 19.8 Å². The zero-order chi connectivity index (χ0) is 30.6. The number of rotatable bonds is 6. The smallest absolute Gasteiger partial charge is 0.378 e. The minimum absolute atomic E-state index is 0.00326. The molecule has 2 atom stereocenters. The molecule has 0 radical (unpaired) electrons. The molecule has 4 aliphatic rings. The molecule has 0 aliphatic carbocycles. The number of anilines is 3. The Hall–Kier alpha value is -2.91. The predicted molar refractivity (Wildman–Crippen MR) is 164 cm³/mol. The number of halogens is 3. The van der Waals surface area contributed by atoms with Crippen LogP contribution in [-0.2, 0) is 22.1 Å². The molecule has 7 rings (SSSR count). The SMILES string of the molecule is CCc1cc(N2CCN(C)C3COCC32)ccc1Nc1ncc(C(F)(F)F)c(-c2cc3c(s2)C(=O)N(C2COC2)CCS3)n1. The number of thioether (sulfide) groups is 1. The summed E-state index contributed by atoms with van der Waals surface area (Å²) in [6.07, 6.45) is -3.13. The summed E-state index contributed by atoms with van der Waals surface area (Å²) >= 11 is 2.53. The third-order valence-corrected chi connectivity index (χ3v) is 11.1. The van der Waals surface area contributed by atoms with Gasteiger partial charge in [0.1, 0.15) is 10.4 Å². The average molecular weight is 647 g/mol. The molecule has 3 fully saturated rings. The van der Waals surface area contributed by atoms with Gasteiger partial charge in [-0.1, -0.05) is 6.92 Å². The Balaban J connectivity index is 1.19. The average Bonchev–Trinajstić information content (AvgIpc) is 3.61. The monoisotopic (exact) mass is 646 g/mol. The van der Waals surface area contributed by atoms with Gasteiger partial charge in [-0.3, -0.25) is 9.69 Å². The molecule has 2 unspecified atom stereocenters. The fourth-order valence-corrected chi connectivity index (χ4v) is 8.60. The number of nitrogens with one attached hydrogen (secondary N) is 1. The van der Waals surface area contributed by atoms with E-state index in [1.165, 1.54) is 11.8 Å². The van der Waals surface area contributed by atoms with Crippen molar-refractivity contribution < 1.29 is 27.4 Å². The van der Waals surface area contributed by atoms with Crippen LogP contribution in [0.5, 0.6) is 0 Å². The first-order chi connectivity index (χ1) is 21.2. The number of amides is 1. The highest BCUT2D eigenvalue weighted by Gasteiger charge is 2.40. The van der Waals surface area contributed by atoms with Crippen LogP contribution in [0.2, 0.25) is 0 Å². The lowest BCUT2D eigenvalue weighted by Crippen LogP contribution is -2.58.